The van der Waals surface area contributed by atoms with Gasteiger partial charge in [-0.15, -0.1) is 0 Å². The molecule has 1 aromatic heterocycles. The zero-order valence-corrected chi connectivity index (χ0v) is 16.1. The van der Waals surface area contributed by atoms with Crippen molar-refractivity contribution in [2.45, 2.75) is 26.9 Å². The molecule has 1 aliphatic heterocycles. The van der Waals surface area contributed by atoms with Crippen LogP contribution in [0.5, 0.6) is 0 Å². The summed E-state index contributed by atoms with van der Waals surface area (Å²) in [5.74, 6) is 1.38. The number of esters is 1. The predicted molar refractivity (Wildman–Crippen MR) is 102 cm³/mol. The van der Waals surface area contributed by atoms with Crippen molar-refractivity contribution in [1.29, 1.82) is 0 Å². The molecule has 4 rings (SSSR count). The molecule has 1 fully saturated rings. The minimum atomic E-state index is -0.277. The van der Waals surface area contributed by atoms with Crippen LogP contribution in [0.25, 0.3) is 0 Å². The summed E-state index contributed by atoms with van der Waals surface area (Å²) in [6.07, 6.45) is 3.92. The smallest absolute Gasteiger partial charge is 0.338 e. The molecule has 1 aliphatic carbocycles. The van der Waals surface area contributed by atoms with Gasteiger partial charge in [0, 0.05) is 11.3 Å². The van der Waals surface area contributed by atoms with E-state index in [-0.39, 0.29) is 29.3 Å². The monoisotopic (exact) mass is 366 g/mol. The van der Waals surface area contributed by atoms with Crippen LogP contribution in [-0.2, 0) is 9.47 Å². The van der Waals surface area contributed by atoms with E-state index in [2.05, 4.69) is 26.8 Å². The Kier molecular flexibility index (Phi) is 4.68. The Labute approximate surface area is 160 Å². The summed E-state index contributed by atoms with van der Waals surface area (Å²) >= 11 is 0. The van der Waals surface area contributed by atoms with Crippen LogP contribution >= 0.6 is 0 Å². The third-order valence-electron chi connectivity index (χ3n) is 6.55. The summed E-state index contributed by atoms with van der Waals surface area (Å²) in [5, 5.41) is 0. The zero-order chi connectivity index (χ0) is 19.0. The second-order valence-electron chi connectivity index (χ2n) is 7.94. The fourth-order valence-electron chi connectivity index (χ4n) is 4.82. The molecule has 2 bridgehead atoms. The van der Waals surface area contributed by atoms with Crippen molar-refractivity contribution < 1.29 is 18.7 Å². The first-order valence-electron chi connectivity index (χ1n) is 9.58. The van der Waals surface area contributed by atoms with Crippen molar-refractivity contribution in [2.75, 3.05) is 13.2 Å². The Hall–Kier alpha value is -2.33. The fraction of sp³-hybridized carbons (Fsp3) is 0.435. The number of carbonyl (C=O) groups is 1. The number of fused-ring (bicyclic) bond motifs is 2. The number of hydrogen-bond donors (Lipinski definition) is 0. The van der Waals surface area contributed by atoms with Gasteiger partial charge in [0.05, 0.1) is 18.4 Å². The van der Waals surface area contributed by atoms with Gasteiger partial charge in [-0.25, -0.2) is 4.79 Å². The second-order valence-corrected chi connectivity index (χ2v) is 7.94. The molecule has 0 N–H and O–H groups in total. The molecule has 1 aromatic carbocycles. The molecular formula is C23H26O4. The maximum atomic E-state index is 12.5. The molecule has 0 spiro atoms. The van der Waals surface area contributed by atoms with Gasteiger partial charge in [-0.1, -0.05) is 43.7 Å². The maximum Gasteiger partial charge on any atom is 0.338 e. The summed E-state index contributed by atoms with van der Waals surface area (Å²) in [6.45, 7) is 7.52. The van der Waals surface area contributed by atoms with Crippen LogP contribution in [0, 0.1) is 23.2 Å². The Morgan fingerprint density at radius 2 is 1.96 bits per heavy atom. The largest absolute Gasteiger partial charge is 0.467 e. The predicted octanol–water partition coefficient (Wildman–Crippen LogP) is 5.04. The Bertz CT molecular complexity index is 823. The number of ether oxygens (including phenoxy) is 2. The molecule has 5 atom stereocenters. The Morgan fingerprint density at radius 1 is 1.19 bits per heavy atom. The standard InChI is InChI=1S/C23H26O4/c1-15-12-16(2)23(14-27-22(24)18-8-5-4-6-9-18)13-26-21(20(15)17(23)3)19-10-7-11-25-19/h4-12,16-17,20-21H,13-14H2,1-3H3. The summed E-state index contributed by atoms with van der Waals surface area (Å²) in [7, 11) is 0. The van der Waals surface area contributed by atoms with Crippen molar-refractivity contribution in [3.8, 4) is 0 Å². The lowest BCUT2D eigenvalue weighted by molar-refractivity contribution is -0.170. The lowest BCUT2D eigenvalue weighted by atomic mass is 9.56. The van der Waals surface area contributed by atoms with E-state index in [0.717, 1.165) is 5.76 Å². The summed E-state index contributed by atoms with van der Waals surface area (Å²) in [5.41, 5.74) is 1.68. The van der Waals surface area contributed by atoms with Crippen LogP contribution < -0.4 is 0 Å². The number of rotatable bonds is 4. The van der Waals surface area contributed by atoms with Crippen molar-refractivity contribution in [3.05, 3.63) is 71.7 Å². The fourth-order valence-corrected chi connectivity index (χ4v) is 4.82. The molecule has 0 saturated carbocycles. The highest BCUT2D eigenvalue weighted by Crippen LogP contribution is 2.56. The van der Waals surface area contributed by atoms with E-state index in [1.165, 1.54) is 5.57 Å². The number of benzene rings is 1. The average molecular weight is 366 g/mol. The molecule has 27 heavy (non-hydrogen) atoms. The Morgan fingerprint density at radius 3 is 2.67 bits per heavy atom. The summed E-state index contributed by atoms with van der Waals surface area (Å²) in [4.78, 5) is 12.5. The highest BCUT2D eigenvalue weighted by atomic mass is 16.5. The van der Waals surface area contributed by atoms with Gasteiger partial charge in [-0.2, -0.15) is 0 Å². The summed E-state index contributed by atoms with van der Waals surface area (Å²) in [6, 6.07) is 13.0. The van der Waals surface area contributed by atoms with E-state index in [1.807, 2.05) is 30.3 Å². The van der Waals surface area contributed by atoms with Gasteiger partial charge in [-0.3, -0.25) is 0 Å². The number of carbonyl (C=O) groups excluding carboxylic acids is 1. The van der Waals surface area contributed by atoms with Crippen LogP contribution in [0.1, 0.15) is 43.0 Å². The lowest BCUT2D eigenvalue weighted by Gasteiger charge is -2.54. The third kappa shape index (κ3) is 3.02. The molecule has 4 heteroatoms. The minimum absolute atomic E-state index is 0.0864. The van der Waals surface area contributed by atoms with Gasteiger partial charge in [0.2, 0.25) is 0 Å². The van der Waals surface area contributed by atoms with Gasteiger partial charge in [0.15, 0.2) is 0 Å². The van der Waals surface area contributed by atoms with Crippen molar-refractivity contribution in [1.82, 2.24) is 0 Å². The van der Waals surface area contributed by atoms with Gasteiger partial charge < -0.3 is 13.9 Å². The van der Waals surface area contributed by atoms with Crippen molar-refractivity contribution >= 4 is 5.97 Å². The Balaban J connectivity index is 1.58. The lowest BCUT2D eigenvalue weighted by Crippen LogP contribution is -2.54. The van der Waals surface area contributed by atoms with Crippen LogP contribution in [0.4, 0.5) is 0 Å². The van der Waals surface area contributed by atoms with Gasteiger partial charge >= 0.3 is 5.97 Å². The maximum absolute atomic E-state index is 12.5. The van der Waals surface area contributed by atoms with E-state index in [4.69, 9.17) is 13.9 Å². The average Bonchev–Trinajstić information content (AvgIpc) is 3.20. The SMILES string of the molecule is CC1=CC(C)C2(COC(=O)c3ccccc3)COC(c3ccco3)C1C2C. The highest BCUT2D eigenvalue weighted by molar-refractivity contribution is 5.89. The molecule has 2 heterocycles. The van der Waals surface area contributed by atoms with Crippen LogP contribution in [0.2, 0.25) is 0 Å². The van der Waals surface area contributed by atoms with E-state index >= 15 is 0 Å². The van der Waals surface area contributed by atoms with Gasteiger partial charge in [0.25, 0.3) is 0 Å². The first-order chi connectivity index (χ1) is 13.0. The highest BCUT2D eigenvalue weighted by Gasteiger charge is 2.55. The van der Waals surface area contributed by atoms with Crippen LogP contribution in [-0.4, -0.2) is 19.2 Å². The van der Waals surface area contributed by atoms with Crippen molar-refractivity contribution in [2.24, 2.45) is 23.2 Å². The van der Waals surface area contributed by atoms with E-state index in [9.17, 15) is 4.79 Å². The molecule has 2 aliphatic rings. The number of furan rings is 1. The molecule has 4 nitrogen and oxygen atoms in total. The minimum Gasteiger partial charge on any atom is -0.467 e. The summed E-state index contributed by atoms with van der Waals surface area (Å²) < 4.78 is 17.7. The van der Waals surface area contributed by atoms with E-state index in [0.29, 0.717) is 24.7 Å². The number of allylic oxidation sites excluding steroid dienone is 1. The second kappa shape index (κ2) is 7.01. The third-order valence-corrected chi connectivity index (χ3v) is 6.55. The van der Waals surface area contributed by atoms with E-state index < -0.39 is 0 Å². The first-order valence-corrected chi connectivity index (χ1v) is 9.58. The van der Waals surface area contributed by atoms with Crippen LogP contribution in [0.3, 0.4) is 0 Å². The molecule has 2 aromatic rings. The van der Waals surface area contributed by atoms with Gasteiger partial charge in [0.1, 0.15) is 18.5 Å². The normalized spacial score (nSPS) is 32.6. The molecule has 1 saturated heterocycles. The van der Waals surface area contributed by atoms with Crippen LogP contribution in [0.15, 0.2) is 64.8 Å². The molecule has 142 valence electrons. The van der Waals surface area contributed by atoms with Crippen molar-refractivity contribution in [3.63, 3.8) is 0 Å². The number of hydrogen-bond acceptors (Lipinski definition) is 4. The quantitative estimate of drug-likeness (QED) is 0.562. The van der Waals surface area contributed by atoms with Gasteiger partial charge in [-0.05, 0) is 43.0 Å². The topological polar surface area (TPSA) is 48.7 Å². The first kappa shape index (κ1) is 18.1. The molecule has 0 radical (unpaired) electrons. The zero-order valence-electron chi connectivity index (χ0n) is 16.1. The molecule has 0 amide bonds. The van der Waals surface area contributed by atoms with E-state index in [1.54, 1.807) is 18.4 Å². The molecular weight excluding hydrogens is 340 g/mol. The molecule has 5 unspecified atom stereocenters.